The molecule has 0 spiro atoms. The molecule has 0 N–H and O–H groups in total. The van der Waals surface area contributed by atoms with Gasteiger partial charge in [-0.15, -0.1) is 0 Å². The summed E-state index contributed by atoms with van der Waals surface area (Å²) in [7, 11) is 0. The van der Waals surface area contributed by atoms with E-state index >= 15 is 0 Å². The molecule has 3 rings (SSSR count). The van der Waals surface area contributed by atoms with Crippen LogP contribution in [0.5, 0.6) is 0 Å². The van der Waals surface area contributed by atoms with Gasteiger partial charge in [0.05, 0.1) is 6.20 Å². The summed E-state index contributed by atoms with van der Waals surface area (Å²) in [6.07, 6.45) is 3.42. The van der Waals surface area contributed by atoms with E-state index in [9.17, 15) is 23.2 Å². The minimum absolute atomic E-state index is 0.0298. The molecule has 152 valence electrons. The number of thioether (sulfide) groups is 1. The molecule has 0 aromatic carbocycles. The van der Waals surface area contributed by atoms with E-state index in [0.717, 1.165) is 18.5 Å². The van der Waals surface area contributed by atoms with Crippen LogP contribution in [-0.2, 0) is 4.79 Å². The van der Waals surface area contributed by atoms with Crippen molar-refractivity contribution in [1.82, 2.24) is 9.78 Å². The molecule has 0 bridgehead atoms. The summed E-state index contributed by atoms with van der Waals surface area (Å²) >= 11 is 7.47. The van der Waals surface area contributed by atoms with E-state index in [-0.39, 0.29) is 29.6 Å². The van der Waals surface area contributed by atoms with Gasteiger partial charge in [-0.05, 0) is 6.92 Å². The zero-order chi connectivity index (χ0) is 20.5. The first-order valence-corrected chi connectivity index (χ1v) is 10.2. The number of halogens is 4. The third-order valence-electron chi connectivity index (χ3n) is 4.35. The van der Waals surface area contributed by atoms with Gasteiger partial charge >= 0.3 is 0 Å². The number of carbonyl (C=O) groups is 1. The lowest BCUT2D eigenvalue weighted by atomic mass is 10.3. The highest BCUT2D eigenvalue weighted by molar-refractivity contribution is 7.99. The molecule has 28 heavy (non-hydrogen) atoms. The summed E-state index contributed by atoms with van der Waals surface area (Å²) in [5.41, 5.74) is 0.488. The van der Waals surface area contributed by atoms with Gasteiger partial charge in [0.15, 0.2) is 11.0 Å². The fraction of sp³-hybridized carbons (Fsp3) is 0.471. The predicted octanol–water partition coefficient (Wildman–Crippen LogP) is 3.43. The van der Waals surface area contributed by atoms with Gasteiger partial charge in [0.2, 0.25) is 18.3 Å². The Morgan fingerprint density at radius 2 is 2.25 bits per heavy atom. The van der Waals surface area contributed by atoms with Gasteiger partial charge < -0.3 is 10.1 Å². The van der Waals surface area contributed by atoms with E-state index in [4.69, 9.17) is 11.6 Å². The first kappa shape index (κ1) is 20.8. The van der Waals surface area contributed by atoms with Crippen LogP contribution in [0.3, 0.4) is 0 Å². The first-order valence-electron chi connectivity index (χ1n) is 8.62. The maximum absolute atomic E-state index is 13.4. The van der Waals surface area contributed by atoms with Crippen LogP contribution in [0.2, 0.25) is 5.15 Å². The van der Waals surface area contributed by atoms with Crippen LogP contribution in [0, 0.1) is 16.9 Å². The molecule has 1 unspecified atom stereocenters. The second kappa shape index (κ2) is 8.20. The average molecular weight is 435 g/mol. The molecule has 2 aromatic rings. The lowest BCUT2D eigenvalue weighted by Gasteiger charge is -2.19. The highest BCUT2D eigenvalue weighted by Crippen LogP contribution is 2.50. The van der Waals surface area contributed by atoms with Gasteiger partial charge in [0, 0.05) is 42.9 Å². The predicted molar refractivity (Wildman–Crippen MR) is 101 cm³/mol. The Labute approximate surface area is 168 Å². The number of anilines is 1. The molecule has 2 heterocycles. The topological polar surface area (TPSA) is 65.1 Å². The van der Waals surface area contributed by atoms with Crippen molar-refractivity contribution in [2.45, 2.75) is 25.7 Å². The molecule has 6 nitrogen and oxygen atoms in total. The molecule has 0 saturated heterocycles. The van der Waals surface area contributed by atoms with E-state index in [1.165, 1.54) is 27.5 Å². The number of aromatic nitrogens is 3. The summed E-state index contributed by atoms with van der Waals surface area (Å²) in [5.74, 6) is -3.33. The Morgan fingerprint density at radius 3 is 2.86 bits per heavy atom. The number of alkyl halides is 2. The van der Waals surface area contributed by atoms with Gasteiger partial charge in [-0.3, -0.25) is 4.79 Å². The quantitative estimate of drug-likeness (QED) is 0.363. The van der Waals surface area contributed by atoms with Crippen molar-refractivity contribution in [2.75, 3.05) is 23.0 Å². The minimum atomic E-state index is -2.55. The Hall–Kier alpha value is -1.94. The van der Waals surface area contributed by atoms with Crippen LogP contribution in [-0.4, -0.2) is 39.7 Å². The minimum Gasteiger partial charge on any atom is -0.619 e. The molecule has 1 aliphatic carbocycles. The largest absolute Gasteiger partial charge is 0.619 e. The molecular formula is C17H18ClF3N4O2S. The average Bonchev–Trinajstić information content (AvgIpc) is 3.03. The molecule has 1 atom stereocenters. The van der Waals surface area contributed by atoms with Crippen LogP contribution in [0.4, 0.5) is 18.9 Å². The van der Waals surface area contributed by atoms with Gasteiger partial charge in [0.1, 0.15) is 11.4 Å². The summed E-state index contributed by atoms with van der Waals surface area (Å²) in [6, 6.07) is 1.11. The normalized spacial score (nSPS) is 17.5. The van der Waals surface area contributed by atoms with Gasteiger partial charge in [0.25, 0.3) is 5.92 Å². The zero-order valence-electron chi connectivity index (χ0n) is 14.9. The van der Waals surface area contributed by atoms with Crippen molar-refractivity contribution in [2.24, 2.45) is 5.92 Å². The zero-order valence-corrected chi connectivity index (χ0v) is 16.5. The number of hydrogen-bond acceptors (Lipinski definition) is 4. The monoisotopic (exact) mass is 434 g/mol. The van der Waals surface area contributed by atoms with Crippen LogP contribution in [0.25, 0.3) is 5.69 Å². The number of pyridine rings is 1. The third kappa shape index (κ3) is 4.72. The van der Waals surface area contributed by atoms with Crippen LogP contribution in [0.1, 0.15) is 19.8 Å². The van der Waals surface area contributed by atoms with Crippen LogP contribution >= 0.6 is 23.4 Å². The summed E-state index contributed by atoms with van der Waals surface area (Å²) < 4.78 is 40.7. The smallest absolute Gasteiger partial charge is 0.252 e. The van der Waals surface area contributed by atoms with E-state index in [1.54, 1.807) is 6.92 Å². The molecule has 1 aliphatic rings. The van der Waals surface area contributed by atoms with Gasteiger partial charge in [-0.1, -0.05) is 11.6 Å². The Morgan fingerprint density at radius 1 is 1.54 bits per heavy atom. The Bertz CT molecular complexity index is 860. The van der Waals surface area contributed by atoms with Crippen molar-refractivity contribution in [3.63, 3.8) is 0 Å². The first-order chi connectivity index (χ1) is 13.2. The van der Waals surface area contributed by atoms with Gasteiger partial charge in [-0.2, -0.15) is 21.6 Å². The molecular weight excluding hydrogens is 417 g/mol. The molecule has 0 radical (unpaired) electrons. The number of nitrogens with zero attached hydrogens (tertiary/aromatic N) is 4. The highest BCUT2D eigenvalue weighted by atomic mass is 35.5. The number of rotatable bonds is 8. The molecule has 1 saturated carbocycles. The standard InChI is InChI=1S/C17H18ClF3N4O2S/c1-2-24(15(26)3-4-28-10-11-6-17(11,20)21)14-9-25(22-16(14)18)13-5-12(19)7-23(27)8-13/h5,7-9,11H,2-4,6,10H2,1H3. The number of amides is 1. The molecule has 2 aromatic heterocycles. The van der Waals surface area contributed by atoms with E-state index < -0.39 is 17.7 Å². The summed E-state index contributed by atoms with van der Waals surface area (Å²) in [6.45, 7) is 2.08. The van der Waals surface area contributed by atoms with Crippen molar-refractivity contribution in [1.29, 1.82) is 0 Å². The summed E-state index contributed by atoms with van der Waals surface area (Å²) in [4.78, 5) is 13.9. The molecule has 0 aliphatic heterocycles. The lowest BCUT2D eigenvalue weighted by Crippen LogP contribution is -2.30. The molecule has 11 heteroatoms. The van der Waals surface area contributed by atoms with Crippen molar-refractivity contribution >= 4 is 35.0 Å². The fourth-order valence-corrected chi connectivity index (χ4v) is 4.10. The molecule has 1 fully saturated rings. The fourth-order valence-electron chi connectivity index (χ4n) is 2.74. The SMILES string of the molecule is CCN(C(=O)CCSCC1CC1(F)F)c1cn(-c2cc(F)c[n+]([O-])c2)nc1Cl. The summed E-state index contributed by atoms with van der Waals surface area (Å²) in [5, 5.41) is 15.5. The van der Waals surface area contributed by atoms with E-state index in [2.05, 4.69) is 5.10 Å². The van der Waals surface area contributed by atoms with Crippen LogP contribution < -0.4 is 9.63 Å². The van der Waals surface area contributed by atoms with E-state index in [1.807, 2.05) is 0 Å². The van der Waals surface area contributed by atoms with Crippen molar-refractivity contribution in [3.05, 3.63) is 40.8 Å². The highest BCUT2D eigenvalue weighted by Gasteiger charge is 2.56. The Balaban J connectivity index is 1.64. The maximum Gasteiger partial charge on any atom is 0.252 e. The Kier molecular flexibility index (Phi) is 6.09. The van der Waals surface area contributed by atoms with Crippen LogP contribution in [0.15, 0.2) is 24.7 Å². The second-order valence-electron chi connectivity index (χ2n) is 6.45. The third-order valence-corrected chi connectivity index (χ3v) is 5.76. The van der Waals surface area contributed by atoms with Crippen molar-refractivity contribution < 1.29 is 22.7 Å². The lowest BCUT2D eigenvalue weighted by molar-refractivity contribution is -0.606. The van der Waals surface area contributed by atoms with Gasteiger partial charge in [-0.25, -0.2) is 17.9 Å². The number of carbonyl (C=O) groups excluding carboxylic acids is 1. The van der Waals surface area contributed by atoms with E-state index in [0.29, 0.717) is 28.5 Å². The molecule has 1 amide bonds. The van der Waals surface area contributed by atoms with Crippen molar-refractivity contribution in [3.8, 4) is 5.69 Å². The second-order valence-corrected chi connectivity index (χ2v) is 7.95. The number of hydrogen-bond donors (Lipinski definition) is 0. The maximum atomic E-state index is 13.4.